The number of carboxylic acid groups (broad SMARTS) is 1. The van der Waals surface area contributed by atoms with Crippen LogP contribution in [-0.2, 0) is 4.79 Å². The lowest BCUT2D eigenvalue weighted by Gasteiger charge is -2.39. The van der Waals surface area contributed by atoms with Gasteiger partial charge < -0.3 is 14.4 Å². The highest BCUT2D eigenvalue weighted by molar-refractivity contribution is 5.63. The molecule has 180 valence electrons. The zero-order valence-electron chi connectivity index (χ0n) is 21.2. The molecule has 0 radical (unpaired) electrons. The number of unbranched alkanes of at least 4 members (excludes halogenated alkanes) is 10. The van der Waals surface area contributed by atoms with Crippen molar-refractivity contribution in [2.75, 3.05) is 26.2 Å². The van der Waals surface area contributed by atoms with Crippen LogP contribution in [0.25, 0.3) is 0 Å². The molecule has 0 saturated carbocycles. The largest absolute Gasteiger partial charge is 0.550 e. The molecular weight excluding hydrogens is 370 g/mol. The average molecular weight is 426 g/mol. The van der Waals surface area contributed by atoms with E-state index < -0.39 is 5.97 Å². The summed E-state index contributed by atoms with van der Waals surface area (Å²) >= 11 is 0. The van der Waals surface area contributed by atoms with E-state index in [2.05, 4.69) is 34.3 Å². The van der Waals surface area contributed by atoms with Crippen molar-refractivity contribution in [1.82, 2.24) is 0 Å². The van der Waals surface area contributed by atoms with E-state index in [0.29, 0.717) is 0 Å². The highest BCUT2D eigenvalue weighted by Crippen LogP contribution is 2.16. The summed E-state index contributed by atoms with van der Waals surface area (Å²) < 4.78 is 1.42. The van der Waals surface area contributed by atoms with E-state index in [1.165, 1.54) is 101 Å². The van der Waals surface area contributed by atoms with Crippen LogP contribution < -0.4 is 5.11 Å². The molecule has 0 atom stereocenters. The molecule has 0 aliphatic heterocycles. The fourth-order valence-electron chi connectivity index (χ4n) is 3.91. The molecule has 0 aliphatic rings. The minimum atomic E-state index is -0.924. The molecule has 0 fully saturated rings. The summed E-state index contributed by atoms with van der Waals surface area (Å²) in [5.74, 6) is -0.924. The Kier molecular flexibility index (Phi) is 25.5. The van der Waals surface area contributed by atoms with Gasteiger partial charge in [0.25, 0.3) is 0 Å². The lowest BCUT2D eigenvalue weighted by Crippen LogP contribution is -2.50. The molecule has 3 heteroatoms. The number of allylic oxidation sites excluding steroid dienone is 1. The van der Waals surface area contributed by atoms with Gasteiger partial charge in [-0.1, -0.05) is 85.1 Å². The highest BCUT2D eigenvalue weighted by Gasteiger charge is 2.24. The SMILES string of the molecule is C=CCCCCCCCCC(=O)[O-].CCCC[N+](CCCC)(CCCC)CCCC. The Bertz CT molecular complexity index is 330. The Morgan fingerprint density at radius 2 is 1.03 bits per heavy atom. The number of hydrogen-bond acceptors (Lipinski definition) is 2. The van der Waals surface area contributed by atoms with Gasteiger partial charge in [-0.2, -0.15) is 0 Å². The summed E-state index contributed by atoms with van der Waals surface area (Å²) in [7, 11) is 0. The molecule has 0 unspecified atom stereocenters. The molecule has 0 heterocycles. The number of carbonyl (C=O) groups excluding carboxylic acids is 1. The standard InChI is InChI=1S/C16H36N.C11H20O2/c1-5-9-13-17(14-10-6-2,15-11-7-3)16-12-8-4;1-2-3-4-5-6-7-8-9-10-11(12)13/h5-16H2,1-4H3;2H,1,3-10H2,(H,12,13)/q+1;/p-1. The molecule has 3 nitrogen and oxygen atoms in total. The normalized spacial score (nSPS) is 11.1. The molecule has 0 N–H and O–H groups in total. The van der Waals surface area contributed by atoms with Crippen LogP contribution in [-0.4, -0.2) is 36.6 Å². The van der Waals surface area contributed by atoms with E-state index in [1.807, 2.05) is 6.08 Å². The second kappa shape index (κ2) is 24.4. The zero-order valence-corrected chi connectivity index (χ0v) is 21.2. The third kappa shape index (κ3) is 21.9. The summed E-state index contributed by atoms with van der Waals surface area (Å²) in [6.45, 7) is 18.7. The van der Waals surface area contributed by atoms with Crippen molar-refractivity contribution in [1.29, 1.82) is 0 Å². The lowest BCUT2D eigenvalue weighted by atomic mass is 10.1. The smallest absolute Gasteiger partial charge is 0.0786 e. The summed E-state index contributed by atoms with van der Waals surface area (Å²) in [5.41, 5.74) is 0. The summed E-state index contributed by atoms with van der Waals surface area (Å²) in [6, 6.07) is 0. The molecule has 0 aromatic rings. The van der Waals surface area contributed by atoms with Gasteiger partial charge in [0.15, 0.2) is 0 Å². The number of carbonyl (C=O) groups is 1. The zero-order chi connectivity index (χ0) is 22.9. The summed E-state index contributed by atoms with van der Waals surface area (Å²) in [6.07, 6.45) is 20.9. The van der Waals surface area contributed by atoms with E-state index in [0.717, 1.165) is 25.7 Å². The second-order valence-electron chi connectivity index (χ2n) is 8.97. The van der Waals surface area contributed by atoms with Gasteiger partial charge in [-0.25, -0.2) is 0 Å². The van der Waals surface area contributed by atoms with Gasteiger partial charge in [0.1, 0.15) is 0 Å². The van der Waals surface area contributed by atoms with Crippen molar-refractivity contribution in [3.05, 3.63) is 12.7 Å². The number of quaternary nitrogens is 1. The number of hydrogen-bond donors (Lipinski definition) is 0. The fourth-order valence-corrected chi connectivity index (χ4v) is 3.91. The monoisotopic (exact) mass is 425 g/mol. The molecule has 0 aromatic carbocycles. The number of nitrogens with zero attached hydrogens (tertiary/aromatic N) is 1. The van der Waals surface area contributed by atoms with Gasteiger partial charge in [0.05, 0.1) is 26.2 Å². The molecule has 30 heavy (non-hydrogen) atoms. The van der Waals surface area contributed by atoms with Crippen LogP contribution in [0.4, 0.5) is 0 Å². The van der Waals surface area contributed by atoms with Crippen molar-refractivity contribution in [3.63, 3.8) is 0 Å². The first-order valence-electron chi connectivity index (χ1n) is 13.2. The van der Waals surface area contributed by atoms with Gasteiger partial charge >= 0.3 is 0 Å². The van der Waals surface area contributed by atoms with E-state index in [4.69, 9.17) is 0 Å². The van der Waals surface area contributed by atoms with Crippen LogP contribution in [0.5, 0.6) is 0 Å². The van der Waals surface area contributed by atoms with Crippen LogP contribution in [0.1, 0.15) is 130 Å². The van der Waals surface area contributed by atoms with Gasteiger partial charge in [0, 0.05) is 5.97 Å². The molecule has 0 rings (SSSR count). The topological polar surface area (TPSA) is 40.1 Å². The second-order valence-corrected chi connectivity index (χ2v) is 8.97. The van der Waals surface area contributed by atoms with Crippen LogP contribution in [0.2, 0.25) is 0 Å². The van der Waals surface area contributed by atoms with E-state index in [9.17, 15) is 9.90 Å². The van der Waals surface area contributed by atoms with Gasteiger partial charge in [0.2, 0.25) is 0 Å². The maximum Gasteiger partial charge on any atom is 0.0786 e. The minimum absolute atomic E-state index is 0.215. The average Bonchev–Trinajstić information content (AvgIpc) is 2.75. The number of aliphatic carboxylic acids is 1. The molecule has 0 amide bonds. The molecule has 0 bridgehead atoms. The van der Waals surface area contributed by atoms with Crippen molar-refractivity contribution in [3.8, 4) is 0 Å². The fraction of sp³-hybridized carbons (Fsp3) is 0.889. The number of carboxylic acids is 1. The Balaban J connectivity index is 0. The maximum absolute atomic E-state index is 10.1. The minimum Gasteiger partial charge on any atom is -0.550 e. The first-order valence-corrected chi connectivity index (χ1v) is 13.2. The van der Waals surface area contributed by atoms with Gasteiger partial charge in [-0.05, 0) is 51.4 Å². The Morgan fingerprint density at radius 1 is 0.667 bits per heavy atom. The van der Waals surface area contributed by atoms with Crippen molar-refractivity contribution < 1.29 is 14.4 Å². The Labute approximate surface area is 189 Å². The number of rotatable bonds is 21. The van der Waals surface area contributed by atoms with Crippen molar-refractivity contribution in [2.24, 2.45) is 0 Å². The summed E-state index contributed by atoms with van der Waals surface area (Å²) in [5, 5.41) is 10.1. The molecule has 0 spiro atoms. The first-order chi connectivity index (χ1) is 14.5. The Morgan fingerprint density at radius 3 is 1.37 bits per heavy atom. The molecule has 0 saturated heterocycles. The van der Waals surface area contributed by atoms with Crippen LogP contribution in [0, 0.1) is 0 Å². The quantitative estimate of drug-likeness (QED) is 0.112. The van der Waals surface area contributed by atoms with E-state index >= 15 is 0 Å². The Hall–Kier alpha value is -0.830. The van der Waals surface area contributed by atoms with Crippen LogP contribution in [0.3, 0.4) is 0 Å². The van der Waals surface area contributed by atoms with E-state index in [-0.39, 0.29) is 6.42 Å². The summed E-state index contributed by atoms with van der Waals surface area (Å²) in [4.78, 5) is 10.1. The van der Waals surface area contributed by atoms with Crippen LogP contribution in [0.15, 0.2) is 12.7 Å². The van der Waals surface area contributed by atoms with Gasteiger partial charge in [-0.3, -0.25) is 0 Å². The van der Waals surface area contributed by atoms with Crippen molar-refractivity contribution in [2.45, 2.75) is 130 Å². The van der Waals surface area contributed by atoms with Crippen LogP contribution >= 0.6 is 0 Å². The maximum atomic E-state index is 10.1. The third-order valence-corrected chi connectivity index (χ3v) is 5.98. The highest BCUT2D eigenvalue weighted by atomic mass is 16.4. The van der Waals surface area contributed by atoms with Crippen molar-refractivity contribution >= 4 is 5.97 Å². The molecule has 0 aromatic heterocycles. The van der Waals surface area contributed by atoms with E-state index in [1.54, 1.807) is 0 Å². The molecular formula is C27H55NO2. The van der Waals surface area contributed by atoms with Gasteiger partial charge in [-0.15, -0.1) is 6.58 Å². The third-order valence-electron chi connectivity index (χ3n) is 5.98. The predicted octanol–water partition coefficient (Wildman–Crippen LogP) is 7.05. The molecule has 0 aliphatic carbocycles. The predicted molar refractivity (Wildman–Crippen MR) is 132 cm³/mol. The first kappa shape index (κ1) is 31.4. The lowest BCUT2D eigenvalue weighted by molar-refractivity contribution is -0.929.